The van der Waals surface area contributed by atoms with Gasteiger partial charge in [0, 0.05) is 38.6 Å². The van der Waals surface area contributed by atoms with Crippen molar-refractivity contribution in [1.82, 2.24) is 15.2 Å². The van der Waals surface area contributed by atoms with Gasteiger partial charge in [-0.3, -0.25) is 0 Å². The third-order valence-electron chi connectivity index (χ3n) is 5.05. The molecule has 1 aromatic heterocycles. The van der Waals surface area contributed by atoms with Crippen LogP contribution in [0.3, 0.4) is 0 Å². The molecule has 2 aliphatic rings. The van der Waals surface area contributed by atoms with Crippen molar-refractivity contribution < 1.29 is 14.3 Å². The lowest BCUT2D eigenvalue weighted by atomic mass is 10.1. The summed E-state index contributed by atoms with van der Waals surface area (Å²) in [5.41, 5.74) is 2.02. The number of amides is 1. The Morgan fingerprint density at radius 3 is 3.07 bits per heavy atom. The second-order valence-electron chi connectivity index (χ2n) is 7.09. The van der Waals surface area contributed by atoms with E-state index in [2.05, 4.69) is 15.6 Å². The van der Waals surface area contributed by atoms with Gasteiger partial charge in [0.05, 0.1) is 12.3 Å². The molecule has 2 aliphatic heterocycles. The third-order valence-corrected chi connectivity index (χ3v) is 5.05. The Morgan fingerprint density at radius 2 is 2.18 bits per heavy atom. The molecule has 0 unspecified atom stereocenters. The van der Waals surface area contributed by atoms with Crippen LogP contribution in [0.15, 0.2) is 42.5 Å². The van der Waals surface area contributed by atoms with Crippen LogP contribution in [0.2, 0.25) is 0 Å². The zero-order valence-corrected chi connectivity index (χ0v) is 15.9. The van der Waals surface area contributed by atoms with Crippen molar-refractivity contribution in [3.63, 3.8) is 0 Å². The van der Waals surface area contributed by atoms with E-state index in [4.69, 9.17) is 9.47 Å². The van der Waals surface area contributed by atoms with Gasteiger partial charge in [0.25, 0.3) is 0 Å². The molecule has 4 rings (SSSR count). The maximum Gasteiger partial charge on any atom is 0.410 e. The van der Waals surface area contributed by atoms with Gasteiger partial charge in [-0.05, 0) is 24.1 Å². The average Bonchev–Trinajstić information content (AvgIpc) is 3.21. The minimum atomic E-state index is -0.247. The minimum Gasteiger partial charge on any atom is -0.491 e. The van der Waals surface area contributed by atoms with Crippen molar-refractivity contribution in [2.24, 2.45) is 0 Å². The standard InChI is InChI=1S/C21H26N4O3/c26-21(28-15-16-4-2-1-3-5-16)25-12-11-22-17(14-25)8-10-23-20-7-6-19-18(24-20)9-13-27-19/h1-7,17,22H,8-15H2,(H,23,24)/t17-/m1/s1. The summed E-state index contributed by atoms with van der Waals surface area (Å²) < 4.78 is 10.9. The quantitative estimate of drug-likeness (QED) is 0.799. The first-order chi connectivity index (χ1) is 13.8. The van der Waals surface area contributed by atoms with Gasteiger partial charge in [0.1, 0.15) is 18.2 Å². The summed E-state index contributed by atoms with van der Waals surface area (Å²) >= 11 is 0. The highest BCUT2D eigenvalue weighted by Crippen LogP contribution is 2.24. The fourth-order valence-electron chi connectivity index (χ4n) is 3.52. The van der Waals surface area contributed by atoms with Gasteiger partial charge in [-0.1, -0.05) is 30.3 Å². The second kappa shape index (κ2) is 8.93. The first kappa shape index (κ1) is 18.6. The van der Waals surface area contributed by atoms with Crippen LogP contribution >= 0.6 is 0 Å². The number of ether oxygens (including phenoxy) is 2. The highest BCUT2D eigenvalue weighted by molar-refractivity contribution is 5.67. The first-order valence-electron chi connectivity index (χ1n) is 9.83. The zero-order chi connectivity index (χ0) is 19.2. The average molecular weight is 382 g/mol. The maximum atomic E-state index is 12.4. The van der Waals surface area contributed by atoms with Crippen molar-refractivity contribution in [2.75, 3.05) is 38.1 Å². The van der Waals surface area contributed by atoms with E-state index in [-0.39, 0.29) is 12.1 Å². The molecular formula is C21H26N4O3. The van der Waals surface area contributed by atoms with Crippen LogP contribution < -0.4 is 15.4 Å². The molecule has 0 bridgehead atoms. The van der Waals surface area contributed by atoms with Crippen LogP contribution in [0.25, 0.3) is 0 Å². The van der Waals surface area contributed by atoms with Crippen LogP contribution in [0.5, 0.6) is 5.75 Å². The number of carbonyl (C=O) groups excluding carboxylic acids is 1. The lowest BCUT2D eigenvalue weighted by Crippen LogP contribution is -2.53. The Balaban J connectivity index is 1.21. The molecule has 0 spiro atoms. The van der Waals surface area contributed by atoms with Crippen LogP contribution in [0.1, 0.15) is 17.7 Å². The van der Waals surface area contributed by atoms with Gasteiger partial charge in [-0.2, -0.15) is 0 Å². The Kier molecular flexibility index (Phi) is 5.92. The summed E-state index contributed by atoms with van der Waals surface area (Å²) in [6.07, 6.45) is 1.52. The molecule has 148 valence electrons. The lowest BCUT2D eigenvalue weighted by molar-refractivity contribution is 0.0845. The number of anilines is 1. The Labute approximate surface area is 165 Å². The van der Waals surface area contributed by atoms with Gasteiger partial charge >= 0.3 is 6.09 Å². The fourth-order valence-corrected chi connectivity index (χ4v) is 3.52. The summed E-state index contributed by atoms with van der Waals surface area (Å²) in [5.74, 6) is 1.77. The first-order valence-corrected chi connectivity index (χ1v) is 9.83. The number of hydrogen-bond donors (Lipinski definition) is 2. The van der Waals surface area contributed by atoms with Gasteiger partial charge in [0.2, 0.25) is 0 Å². The molecule has 7 nitrogen and oxygen atoms in total. The number of carbonyl (C=O) groups is 1. The summed E-state index contributed by atoms with van der Waals surface area (Å²) in [7, 11) is 0. The van der Waals surface area contributed by atoms with Crippen molar-refractivity contribution in [1.29, 1.82) is 0 Å². The number of piperazine rings is 1. The van der Waals surface area contributed by atoms with Crippen LogP contribution in [-0.2, 0) is 17.8 Å². The predicted octanol–water partition coefficient (Wildman–Crippen LogP) is 2.43. The molecule has 7 heteroatoms. The minimum absolute atomic E-state index is 0.239. The van der Waals surface area contributed by atoms with E-state index < -0.39 is 0 Å². The van der Waals surface area contributed by atoms with E-state index in [1.54, 1.807) is 4.90 Å². The predicted molar refractivity (Wildman–Crippen MR) is 107 cm³/mol. The van der Waals surface area contributed by atoms with E-state index in [1.807, 2.05) is 42.5 Å². The molecular weight excluding hydrogens is 356 g/mol. The molecule has 2 aromatic rings. The smallest absolute Gasteiger partial charge is 0.410 e. The third kappa shape index (κ3) is 4.72. The summed E-state index contributed by atoms with van der Waals surface area (Å²) in [5, 5.41) is 6.85. The van der Waals surface area contributed by atoms with Crippen LogP contribution in [0.4, 0.5) is 10.6 Å². The highest BCUT2D eigenvalue weighted by Gasteiger charge is 2.24. The number of nitrogens with one attached hydrogen (secondary N) is 2. The largest absolute Gasteiger partial charge is 0.491 e. The molecule has 0 radical (unpaired) electrons. The van der Waals surface area contributed by atoms with Crippen molar-refractivity contribution in [3.8, 4) is 5.75 Å². The molecule has 0 aliphatic carbocycles. The monoisotopic (exact) mass is 382 g/mol. The molecule has 1 amide bonds. The molecule has 1 saturated heterocycles. The molecule has 1 atom stereocenters. The van der Waals surface area contributed by atoms with E-state index in [9.17, 15) is 4.79 Å². The fraction of sp³-hybridized carbons (Fsp3) is 0.429. The lowest BCUT2D eigenvalue weighted by Gasteiger charge is -2.33. The summed E-state index contributed by atoms with van der Waals surface area (Å²) in [6, 6.07) is 13.9. The van der Waals surface area contributed by atoms with E-state index in [0.29, 0.717) is 26.3 Å². The zero-order valence-electron chi connectivity index (χ0n) is 15.9. The Hall–Kier alpha value is -2.80. The summed E-state index contributed by atoms with van der Waals surface area (Å²) in [4.78, 5) is 18.7. The summed E-state index contributed by atoms with van der Waals surface area (Å²) in [6.45, 7) is 3.92. The number of benzene rings is 1. The molecule has 2 N–H and O–H groups in total. The normalized spacial score (nSPS) is 18.3. The number of nitrogens with zero attached hydrogens (tertiary/aromatic N) is 2. The molecule has 1 fully saturated rings. The topological polar surface area (TPSA) is 75.7 Å². The van der Waals surface area contributed by atoms with Gasteiger partial charge < -0.3 is 25.0 Å². The van der Waals surface area contributed by atoms with Gasteiger partial charge in [-0.15, -0.1) is 0 Å². The second-order valence-corrected chi connectivity index (χ2v) is 7.09. The Morgan fingerprint density at radius 1 is 1.29 bits per heavy atom. The van der Waals surface area contributed by atoms with Crippen LogP contribution in [-0.4, -0.2) is 54.8 Å². The van der Waals surface area contributed by atoms with E-state index >= 15 is 0 Å². The van der Waals surface area contributed by atoms with Crippen LogP contribution in [0, 0.1) is 0 Å². The number of pyridine rings is 1. The van der Waals surface area contributed by atoms with Crippen molar-refractivity contribution in [2.45, 2.75) is 25.5 Å². The molecule has 3 heterocycles. The van der Waals surface area contributed by atoms with Crippen molar-refractivity contribution in [3.05, 3.63) is 53.7 Å². The van der Waals surface area contributed by atoms with Crippen molar-refractivity contribution >= 4 is 11.9 Å². The number of rotatable bonds is 6. The number of fused-ring (bicyclic) bond motifs is 1. The van der Waals surface area contributed by atoms with Gasteiger partial charge in [-0.25, -0.2) is 9.78 Å². The van der Waals surface area contributed by atoms with Gasteiger partial charge in [0.15, 0.2) is 0 Å². The maximum absolute atomic E-state index is 12.4. The van der Waals surface area contributed by atoms with E-state index in [1.165, 1.54) is 0 Å². The highest BCUT2D eigenvalue weighted by atomic mass is 16.6. The molecule has 0 saturated carbocycles. The number of aromatic nitrogens is 1. The Bertz CT molecular complexity index is 799. The molecule has 1 aromatic carbocycles. The molecule has 28 heavy (non-hydrogen) atoms. The number of hydrogen-bond acceptors (Lipinski definition) is 6. The SMILES string of the molecule is O=C(OCc1ccccc1)N1CCN[C@H](CCNc2ccc3c(n2)CCO3)C1. The van der Waals surface area contributed by atoms with E-state index in [0.717, 1.165) is 48.8 Å².